The van der Waals surface area contributed by atoms with Crippen molar-refractivity contribution in [1.82, 2.24) is 25.5 Å². The Morgan fingerprint density at radius 3 is 3.12 bits per heavy atom. The van der Waals surface area contributed by atoms with E-state index in [1.54, 1.807) is 0 Å². The van der Waals surface area contributed by atoms with Gasteiger partial charge in [0, 0.05) is 13.1 Å². The van der Waals surface area contributed by atoms with E-state index in [2.05, 4.69) is 25.5 Å². The maximum Gasteiger partial charge on any atom is 0.276 e. The van der Waals surface area contributed by atoms with Crippen molar-refractivity contribution in [2.75, 3.05) is 13.2 Å². The third-order valence-electron chi connectivity index (χ3n) is 2.31. The number of nitrogens with one attached hydrogen (secondary N) is 3. The Morgan fingerprint density at radius 1 is 1.53 bits per heavy atom. The van der Waals surface area contributed by atoms with Crippen molar-refractivity contribution >= 4 is 11.0 Å². The van der Waals surface area contributed by atoms with Crippen LogP contribution in [0, 0.1) is 0 Å². The molecule has 92 valence electrons. The van der Waals surface area contributed by atoms with Gasteiger partial charge in [-0.25, -0.2) is 4.98 Å². The molecule has 8 heteroatoms. The normalized spacial score (nSPS) is 13.1. The van der Waals surface area contributed by atoms with E-state index in [1.165, 1.54) is 6.33 Å². The van der Waals surface area contributed by atoms with Crippen molar-refractivity contribution < 1.29 is 10.2 Å². The minimum atomic E-state index is -0.809. The van der Waals surface area contributed by atoms with Crippen molar-refractivity contribution in [3.8, 4) is 0 Å². The van der Waals surface area contributed by atoms with Crippen LogP contribution in [0.4, 0.5) is 0 Å². The van der Waals surface area contributed by atoms with Crippen LogP contribution in [0.25, 0.3) is 11.0 Å². The van der Waals surface area contributed by atoms with Crippen LogP contribution in [0.5, 0.6) is 0 Å². The van der Waals surface area contributed by atoms with E-state index >= 15 is 0 Å². The quantitative estimate of drug-likeness (QED) is 0.414. The van der Waals surface area contributed by atoms with Crippen LogP contribution in [0.3, 0.4) is 0 Å². The fourth-order valence-corrected chi connectivity index (χ4v) is 1.44. The van der Waals surface area contributed by atoms with Gasteiger partial charge in [-0.05, 0) is 0 Å². The second kappa shape index (κ2) is 5.04. The van der Waals surface area contributed by atoms with Gasteiger partial charge in [0.05, 0.1) is 19.0 Å². The summed E-state index contributed by atoms with van der Waals surface area (Å²) >= 11 is 0. The maximum atomic E-state index is 11.4. The van der Waals surface area contributed by atoms with E-state index in [4.69, 9.17) is 10.2 Å². The summed E-state index contributed by atoms with van der Waals surface area (Å²) in [5.41, 5.74) is 1.15. The van der Waals surface area contributed by atoms with Crippen LogP contribution in [-0.2, 0) is 6.54 Å². The molecule has 0 saturated carbocycles. The highest BCUT2D eigenvalue weighted by atomic mass is 16.3. The third kappa shape index (κ3) is 2.49. The molecule has 0 aliphatic carbocycles. The Labute approximate surface area is 95.7 Å². The van der Waals surface area contributed by atoms with Crippen LogP contribution in [0.1, 0.15) is 5.69 Å². The number of aliphatic hydroxyl groups excluding tert-OH is 2. The summed E-state index contributed by atoms with van der Waals surface area (Å²) in [6.07, 6.45) is 0.503. The summed E-state index contributed by atoms with van der Waals surface area (Å²) in [5, 5.41) is 27.2. The van der Waals surface area contributed by atoms with Gasteiger partial charge in [-0.2, -0.15) is 5.10 Å². The van der Waals surface area contributed by atoms with Gasteiger partial charge in [0.15, 0.2) is 0 Å². The molecule has 0 aromatic carbocycles. The van der Waals surface area contributed by atoms with Crippen molar-refractivity contribution in [1.29, 1.82) is 0 Å². The maximum absolute atomic E-state index is 11.4. The van der Waals surface area contributed by atoms with Gasteiger partial charge in [0.2, 0.25) is 0 Å². The molecule has 17 heavy (non-hydrogen) atoms. The van der Waals surface area contributed by atoms with Crippen molar-refractivity contribution in [3.05, 3.63) is 22.4 Å². The zero-order chi connectivity index (χ0) is 12.3. The Balaban J connectivity index is 2.09. The monoisotopic (exact) mass is 239 g/mol. The van der Waals surface area contributed by atoms with E-state index in [0.29, 0.717) is 23.3 Å². The van der Waals surface area contributed by atoms with Gasteiger partial charge < -0.3 is 20.5 Å². The molecule has 2 aromatic heterocycles. The minimum absolute atomic E-state index is 0.244. The average molecular weight is 239 g/mol. The first-order valence-electron chi connectivity index (χ1n) is 5.12. The van der Waals surface area contributed by atoms with Crippen LogP contribution in [0.2, 0.25) is 0 Å². The molecule has 2 rings (SSSR count). The van der Waals surface area contributed by atoms with E-state index in [1.807, 2.05) is 0 Å². The van der Waals surface area contributed by atoms with Crippen molar-refractivity contribution in [2.24, 2.45) is 0 Å². The molecule has 0 amide bonds. The molecule has 0 bridgehead atoms. The van der Waals surface area contributed by atoms with Gasteiger partial charge >= 0.3 is 0 Å². The Bertz CT molecular complexity index is 549. The molecule has 5 N–H and O–H groups in total. The molecule has 1 atom stereocenters. The fourth-order valence-electron chi connectivity index (χ4n) is 1.44. The summed E-state index contributed by atoms with van der Waals surface area (Å²) in [7, 11) is 0. The number of fused-ring (bicyclic) bond motifs is 1. The Kier molecular flexibility index (Phi) is 3.47. The summed E-state index contributed by atoms with van der Waals surface area (Å²) in [6.45, 7) is 0.299. The summed E-state index contributed by atoms with van der Waals surface area (Å²) < 4.78 is 0. The topological polar surface area (TPSA) is 127 Å². The molecule has 8 nitrogen and oxygen atoms in total. The number of nitrogens with zero attached hydrogens (tertiary/aromatic N) is 2. The molecule has 0 fully saturated rings. The van der Waals surface area contributed by atoms with Crippen LogP contribution in [0.15, 0.2) is 11.1 Å². The van der Waals surface area contributed by atoms with Crippen LogP contribution in [-0.4, -0.2) is 49.6 Å². The molecule has 0 spiro atoms. The number of hydrogen-bond donors (Lipinski definition) is 5. The second-order valence-electron chi connectivity index (χ2n) is 3.59. The molecule has 2 aromatic rings. The molecular formula is C9H13N5O3. The molecule has 0 aliphatic rings. The number of aromatic nitrogens is 4. The number of hydrogen-bond acceptors (Lipinski definition) is 6. The smallest absolute Gasteiger partial charge is 0.276 e. The molecule has 0 saturated heterocycles. The largest absolute Gasteiger partial charge is 0.394 e. The first-order chi connectivity index (χ1) is 8.22. The van der Waals surface area contributed by atoms with E-state index in [-0.39, 0.29) is 18.7 Å². The lowest BCUT2D eigenvalue weighted by molar-refractivity contribution is 0.0942. The van der Waals surface area contributed by atoms with E-state index < -0.39 is 6.10 Å². The first kappa shape index (κ1) is 11.7. The summed E-state index contributed by atoms with van der Waals surface area (Å²) in [6, 6.07) is 0. The highest BCUT2D eigenvalue weighted by molar-refractivity contribution is 5.75. The van der Waals surface area contributed by atoms with Gasteiger partial charge in [-0.15, -0.1) is 0 Å². The zero-order valence-corrected chi connectivity index (χ0v) is 8.97. The lowest BCUT2D eigenvalue weighted by Crippen LogP contribution is -2.29. The summed E-state index contributed by atoms with van der Waals surface area (Å²) in [4.78, 5) is 17.8. The van der Waals surface area contributed by atoms with Gasteiger partial charge in [-0.1, -0.05) is 0 Å². The number of rotatable bonds is 5. The third-order valence-corrected chi connectivity index (χ3v) is 2.31. The fraction of sp³-hybridized carbons (Fsp3) is 0.444. The lowest BCUT2D eigenvalue weighted by atomic mass is 10.3. The molecule has 0 unspecified atom stereocenters. The lowest BCUT2D eigenvalue weighted by Gasteiger charge is -2.07. The first-order valence-corrected chi connectivity index (χ1v) is 5.12. The summed E-state index contributed by atoms with van der Waals surface area (Å²) in [5.74, 6) is 0. The van der Waals surface area contributed by atoms with Crippen molar-refractivity contribution in [2.45, 2.75) is 12.6 Å². The van der Waals surface area contributed by atoms with E-state index in [9.17, 15) is 4.79 Å². The zero-order valence-electron chi connectivity index (χ0n) is 8.97. The van der Waals surface area contributed by atoms with Crippen LogP contribution >= 0.6 is 0 Å². The number of aliphatic hydroxyl groups is 2. The average Bonchev–Trinajstić information content (AvgIpc) is 2.74. The SMILES string of the molecule is O=c1[nH]cnc2c(CNC[C@H](O)CO)n[nH]c12. The number of H-pyrrole nitrogens is 2. The highest BCUT2D eigenvalue weighted by Gasteiger charge is 2.09. The molecule has 0 radical (unpaired) electrons. The number of aromatic amines is 2. The Morgan fingerprint density at radius 2 is 2.35 bits per heavy atom. The Hall–Kier alpha value is -1.77. The molecule has 0 aliphatic heterocycles. The second-order valence-corrected chi connectivity index (χ2v) is 3.59. The standard InChI is InChI=1S/C9H13N5O3/c15-3-5(16)1-10-2-6-7-8(14-13-6)9(17)12-4-11-7/h4-5,10,15-16H,1-3H2,(H,13,14)(H,11,12,17)/t5-/m0/s1. The minimum Gasteiger partial charge on any atom is -0.394 e. The van der Waals surface area contributed by atoms with Gasteiger partial charge in [0.1, 0.15) is 16.7 Å². The van der Waals surface area contributed by atoms with Gasteiger partial charge in [-0.3, -0.25) is 9.89 Å². The van der Waals surface area contributed by atoms with E-state index in [0.717, 1.165) is 0 Å². The van der Waals surface area contributed by atoms with Crippen LogP contribution < -0.4 is 10.9 Å². The molecular weight excluding hydrogens is 226 g/mol. The molecule has 2 heterocycles. The van der Waals surface area contributed by atoms with Crippen molar-refractivity contribution in [3.63, 3.8) is 0 Å². The highest BCUT2D eigenvalue weighted by Crippen LogP contribution is 2.07. The van der Waals surface area contributed by atoms with Gasteiger partial charge in [0.25, 0.3) is 5.56 Å². The predicted molar refractivity (Wildman–Crippen MR) is 59.3 cm³/mol. The predicted octanol–water partition coefficient (Wildman–Crippen LogP) is -1.91.